The SMILES string of the molecule is CCOc1cc(C=C2SC(=Nc3ccc(C(=O)OC)cc3)N(CC)C2=O)cc(Br)c1OCC(=O)O. The molecule has 9 nitrogen and oxygen atoms in total. The van der Waals surface area contributed by atoms with Crippen molar-refractivity contribution in [1.82, 2.24) is 4.90 Å². The van der Waals surface area contributed by atoms with E-state index in [9.17, 15) is 14.4 Å². The molecule has 1 fully saturated rings. The van der Waals surface area contributed by atoms with Crippen LogP contribution in [0.2, 0.25) is 0 Å². The number of amides is 1. The number of carbonyl (C=O) groups is 3. The maximum Gasteiger partial charge on any atom is 0.341 e. The van der Waals surface area contributed by atoms with Gasteiger partial charge in [0.25, 0.3) is 5.91 Å². The average Bonchev–Trinajstić information content (AvgIpc) is 3.12. The summed E-state index contributed by atoms with van der Waals surface area (Å²) < 4.78 is 16.2. The van der Waals surface area contributed by atoms with E-state index in [4.69, 9.17) is 19.3 Å². The number of methoxy groups -OCH3 is 1. The fraction of sp³-hybridized carbons (Fsp3) is 0.250. The number of likely N-dealkylation sites (N-methyl/N-ethyl adjacent to an activating group) is 1. The van der Waals surface area contributed by atoms with Crippen molar-refractivity contribution < 1.29 is 33.7 Å². The summed E-state index contributed by atoms with van der Waals surface area (Å²) in [4.78, 5) is 42.2. The number of rotatable bonds is 9. The number of thioether (sulfide) groups is 1. The van der Waals surface area contributed by atoms with Crippen molar-refractivity contribution >= 4 is 62.5 Å². The smallest absolute Gasteiger partial charge is 0.341 e. The highest BCUT2D eigenvalue weighted by Gasteiger charge is 2.32. The maximum atomic E-state index is 13.0. The van der Waals surface area contributed by atoms with E-state index in [1.54, 1.807) is 54.3 Å². The van der Waals surface area contributed by atoms with E-state index in [0.29, 0.717) is 50.3 Å². The first-order chi connectivity index (χ1) is 16.8. The van der Waals surface area contributed by atoms with Gasteiger partial charge in [0.1, 0.15) is 0 Å². The highest BCUT2D eigenvalue weighted by molar-refractivity contribution is 9.10. The number of carboxylic acids is 1. The molecule has 184 valence electrons. The average molecular weight is 563 g/mol. The number of nitrogens with zero attached hydrogens (tertiary/aromatic N) is 2. The molecule has 11 heteroatoms. The Hall–Kier alpha value is -3.31. The highest BCUT2D eigenvalue weighted by Crippen LogP contribution is 2.39. The number of amidine groups is 1. The van der Waals surface area contributed by atoms with E-state index in [-0.39, 0.29) is 11.7 Å². The second-order valence-electron chi connectivity index (χ2n) is 7.04. The second kappa shape index (κ2) is 11.9. The zero-order valence-corrected chi connectivity index (χ0v) is 21.6. The van der Waals surface area contributed by atoms with Gasteiger partial charge in [-0.1, -0.05) is 0 Å². The van der Waals surface area contributed by atoms with Gasteiger partial charge in [0.2, 0.25) is 0 Å². The topological polar surface area (TPSA) is 115 Å². The van der Waals surface area contributed by atoms with Gasteiger partial charge in [0, 0.05) is 6.54 Å². The molecule has 0 bridgehead atoms. The number of carboxylic acid groups (broad SMARTS) is 1. The molecule has 1 aliphatic rings. The molecule has 1 heterocycles. The number of aliphatic imine (C=N–C) groups is 1. The van der Waals surface area contributed by atoms with Crippen molar-refractivity contribution in [3.05, 3.63) is 56.9 Å². The van der Waals surface area contributed by atoms with Crippen molar-refractivity contribution in [2.45, 2.75) is 13.8 Å². The van der Waals surface area contributed by atoms with Gasteiger partial charge >= 0.3 is 11.9 Å². The number of benzene rings is 2. The Morgan fingerprint density at radius 1 is 1.17 bits per heavy atom. The number of esters is 1. The minimum atomic E-state index is -1.11. The zero-order chi connectivity index (χ0) is 25.5. The first-order valence-corrected chi connectivity index (χ1v) is 12.2. The summed E-state index contributed by atoms with van der Waals surface area (Å²) in [5.74, 6) is -1.10. The summed E-state index contributed by atoms with van der Waals surface area (Å²) in [6.07, 6.45) is 1.72. The summed E-state index contributed by atoms with van der Waals surface area (Å²) in [5, 5.41) is 9.43. The molecular weight excluding hydrogens is 540 g/mol. The Bertz CT molecular complexity index is 1200. The van der Waals surface area contributed by atoms with Crippen LogP contribution in [0.15, 0.2) is 50.8 Å². The molecule has 3 rings (SSSR count). The van der Waals surface area contributed by atoms with Crippen LogP contribution in [0.25, 0.3) is 6.08 Å². The van der Waals surface area contributed by atoms with E-state index in [2.05, 4.69) is 20.9 Å². The fourth-order valence-electron chi connectivity index (χ4n) is 3.13. The quantitative estimate of drug-likeness (QED) is 0.344. The summed E-state index contributed by atoms with van der Waals surface area (Å²) in [5.41, 5.74) is 1.67. The lowest BCUT2D eigenvalue weighted by Gasteiger charge is -2.14. The van der Waals surface area contributed by atoms with Gasteiger partial charge in [0.05, 0.1) is 34.3 Å². The van der Waals surface area contributed by atoms with Gasteiger partial charge in [-0.05, 0) is 89.6 Å². The van der Waals surface area contributed by atoms with E-state index in [1.165, 1.54) is 18.9 Å². The molecule has 0 aliphatic carbocycles. The van der Waals surface area contributed by atoms with Crippen molar-refractivity contribution in [2.24, 2.45) is 4.99 Å². The molecule has 0 aromatic heterocycles. The van der Waals surface area contributed by atoms with Crippen LogP contribution in [0.5, 0.6) is 11.5 Å². The van der Waals surface area contributed by atoms with E-state index < -0.39 is 18.5 Å². The monoisotopic (exact) mass is 562 g/mol. The molecule has 0 unspecified atom stereocenters. The predicted molar refractivity (Wildman–Crippen MR) is 136 cm³/mol. The number of halogens is 1. The van der Waals surface area contributed by atoms with Crippen LogP contribution >= 0.6 is 27.7 Å². The Labute approximate surface area is 214 Å². The van der Waals surface area contributed by atoms with Gasteiger partial charge < -0.3 is 19.3 Å². The Morgan fingerprint density at radius 3 is 2.49 bits per heavy atom. The van der Waals surface area contributed by atoms with Crippen LogP contribution < -0.4 is 9.47 Å². The van der Waals surface area contributed by atoms with Crippen molar-refractivity contribution in [3.63, 3.8) is 0 Å². The van der Waals surface area contributed by atoms with Gasteiger partial charge in [0.15, 0.2) is 23.3 Å². The molecule has 0 radical (unpaired) electrons. The number of aliphatic carboxylic acids is 1. The number of hydrogen-bond acceptors (Lipinski definition) is 8. The predicted octanol–water partition coefficient (Wildman–Crippen LogP) is 4.72. The van der Waals surface area contributed by atoms with E-state index in [1.807, 2.05) is 6.92 Å². The largest absolute Gasteiger partial charge is 0.490 e. The number of ether oxygens (including phenoxy) is 3. The van der Waals surface area contributed by atoms with Crippen molar-refractivity contribution in [3.8, 4) is 11.5 Å². The second-order valence-corrected chi connectivity index (χ2v) is 8.90. The third-order valence-electron chi connectivity index (χ3n) is 4.69. The fourth-order valence-corrected chi connectivity index (χ4v) is 4.77. The maximum absolute atomic E-state index is 13.0. The lowest BCUT2D eigenvalue weighted by atomic mass is 10.2. The molecule has 0 saturated carbocycles. The summed E-state index contributed by atoms with van der Waals surface area (Å²) >= 11 is 4.63. The van der Waals surface area contributed by atoms with Crippen LogP contribution in [0.4, 0.5) is 5.69 Å². The lowest BCUT2D eigenvalue weighted by Crippen LogP contribution is -2.28. The standard InChI is InChI=1S/C24H23BrN2O7S/c1-4-27-22(30)19(35-24(27)26-16-8-6-15(7-9-16)23(31)32-3)12-14-10-17(25)21(34-13-20(28)29)18(11-14)33-5-2/h6-12H,4-5,13H2,1-3H3,(H,28,29). The Kier molecular flexibility index (Phi) is 8.94. The van der Waals surface area contributed by atoms with Gasteiger partial charge in [-0.3, -0.25) is 9.69 Å². The van der Waals surface area contributed by atoms with Crippen LogP contribution in [-0.2, 0) is 14.3 Å². The van der Waals surface area contributed by atoms with Crippen LogP contribution in [0, 0.1) is 0 Å². The Balaban J connectivity index is 1.91. The molecular formula is C24H23BrN2O7S. The minimum absolute atomic E-state index is 0.192. The molecule has 1 amide bonds. The van der Waals surface area contributed by atoms with E-state index >= 15 is 0 Å². The summed E-state index contributed by atoms with van der Waals surface area (Å²) in [6.45, 7) is 3.92. The number of hydrogen-bond donors (Lipinski definition) is 1. The zero-order valence-electron chi connectivity index (χ0n) is 19.2. The molecule has 1 aliphatic heterocycles. The van der Waals surface area contributed by atoms with Gasteiger partial charge in [-0.15, -0.1) is 0 Å². The van der Waals surface area contributed by atoms with Crippen molar-refractivity contribution in [1.29, 1.82) is 0 Å². The lowest BCUT2D eigenvalue weighted by molar-refractivity contribution is -0.139. The molecule has 0 atom stereocenters. The van der Waals surface area contributed by atoms with Crippen LogP contribution in [0.3, 0.4) is 0 Å². The first-order valence-electron chi connectivity index (χ1n) is 10.6. The van der Waals surface area contributed by atoms with Crippen LogP contribution in [-0.4, -0.2) is 59.9 Å². The van der Waals surface area contributed by atoms with Gasteiger partial charge in [-0.2, -0.15) is 0 Å². The third-order valence-corrected chi connectivity index (χ3v) is 6.28. The summed E-state index contributed by atoms with van der Waals surface area (Å²) in [6, 6.07) is 9.99. The molecule has 35 heavy (non-hydrogen) atoms. The minimum Gasteiger partial charge on any atom is -0.490 e. The molecule has 1 saturated heterocycles. The molecule has 2 aromatic rings. The number of carbonyl (C=O) groups excluding carboxylic acids is 2. The Morgan fingerprint density at radius 2 is 1.89 bits per heavy atom. The van der Waals surface area contributed by atoms with Crippen molar-refractivity contribution in [2.75, 3.05) is 26.9 Å². The summed E-state index contributed by atoms with van der Waals surface area (Å²) in [7, 11) is 1.32. The molecule has 2 aromatic carbocycles. The first kappa shape index (κ1) is 26.3. The highest BCUT2D eigenvalue weighted by atomic mass is 79.9. The third kappa shape index (κ3) is 6.43. The normalized spacial score (nSPS) is 15.5. The van der Waals surface area contributed by atoms with Gasteiger partial charge in [-0.25, -0.2) is 14.6 Å². The molecule has 0 spiro atoms. The molecule has 1 N–H and O–H groups in total. The van der Waals surface area contributed by atoms with Crippen LogP contribution in [0.1, 0.15) is 29.8 Å². The van der Waals surface area contributed by atoms with E-state index in [0.717, 1.165) is 0 Å².